The maximum atomic E-state index is 14.6. The number of rotatable bonds is 5. The number of nitrogens with one attached hydrogen (secondary N) is 2. The summed E-state index contributed by atoms with van der Waals surface area (Å²) in [6.07, 6.45) is 6.58. The van der Waals surface area contributed by atoms with E-state index >= 15 is 0 Å². The molecule has 0 bridgehead atoms. The highest BCUT2D eigenvalue weighted by Crippen LogP contribution is 2.37. The monoisotopic (exact) mass is 475 g/mol. The van der Waals surface area contributed by atoms with Gasteiger partial charge in [0, 0.05) is 35.1 Å². The number of aromatic amines is 1. The Morgan fingerprint density at radius 3 is 2.91 bits per heavy atom. The van der Waals surface area contributed by atoms with Gasteiger partial charge in [-0.2, -0.15) is 0 Å². The summed E-state index contributed by atoms with van der Waals surface area (Å²) >= 11 is 0. The van der Waals surface area contributed by atoms with Crippen LogP contribution < -0.4 is 5.32 Å². The molecule has 3 N–H and O–H groups in total. The standard InChI is InChI=1S/C26H26FN5O3/c1-14(2)24-21(33)5-6-22(35-24)17-8-9-28-13-20(17)32-26(34)19-4-3-18(27)23(31-19)16-11-15-7-10-29-25(15)30-12-16/h3-4,7-14,21-22,24,33H,5-6H2,1-2H3,(H,29,30)(H,32,34)/t21-,22+,24+/m0/s1. The number of pyridine rings is 3. The summed E-state index contributed by atoms with van der Waals surface area (Å²) < 4.78 is 20.8. The predicted octanol–water partition coefficient (Wildman–Crippen LogP) is 4.65. The fraction of sp³-hybridized carbons (Fsp3) is 0.308. The number of aromatic nitrogens is 4. The fourth-order valence-corrected chi connectivity index (χ4v) is 4.48. The third-order valence-electron chi connectivity index (χ3n) is 6.28. The molecule has 35 heavy (non-hydrogen) atoms. The molecule has 0 saturated carbocycles. The normalized spacial score (nSPS) is 20.3. The van der Waals surface area contributed by atoms with Crippen LogP contribution in [0.3, 0.4) is 0 Å². The second-order valence-electron chi connectivity index (χ2n) is 9.06. The quantitative estimate of drug-likeness (QED) is 0.387. The number of aliphatic hydroxyl groups excluding tert-OH is 1. The first-order valence-corrected chi connectivity index (χ1v) is 11.6. The minimum atomic E-state index is -0.547. The van der Waals surface area contributed by atoms with Crippen LogP contribution in [0.5, 0.6) is 0 Å². The molecule has 4 aromatic rings. The minimum absolute atomic E-state index is 0.0454. The average Bonchev–Trinajstić information content (AvgIpc) is 3.33. The molecule has 5 heterocycles. The van der Waals surface area contributed by atoms with Gasteiger partial charge in [-0.05, 0) is 49.1 Å². The Hall–Kier alpha value is -3.69. The number of ether oxygens (including phenoxy) is 1. The third kappa shape index (κ3) is 4.65. The van der Waals surface area contributed by atoms with Crippen LogP contribution in [-0.4, -0.2) is 43.2 Å². The Balaban J connectivity index is 1.40. The predicted molar refractivity (Wildman–Crippen MR) is 129 cm³/mol. The maximum Gasteiger partial charge on any atom is 0.274 e. The Labute approximate surface area is 201 Å². The summed E-state index contributed by atoms with van der Waals surface area (Å²) in [5.41, 5.74) is 2.53. The zero-order valence-electron chi connectivity index (χ0n) is 19.4. The Morgan fingerprint density at radius 2 is 2.09 bits per heavy atom. The molecule has 0 spiro atoms. The van der Waals surface area contributed by atoms with Gasteiger partial charge in [-0.3, -0.25) is 9.78 Å². The number of nitrogens with zero attached hydrogens (tertiary/aromatic N) is 3. The number of halogens is 1. The summed E-state index contributed by atoms with van der Waals surface area (Å²) in [5.74, 6) is -0.892. The van der Waals surface area contributed by atoms with Crippen LogP contribution in [0.15, 0.2) is 55.1 Å². The van der Waals surface area contributed by atoms with Gasteiger partial charge < -0.3 is 20.1 Å². The summed E-state index contributed by atoms with van der Waals surface area (Å²) in [6, 6.07) is 7.97. The van der Waals surface area contributed by atoms with Gasteiger partial charge in [0.05, 0.1) is 30.2 Å². The van der Waals surface area contributed by atoms with Crippen molar-refractivity contribution in [2.45, 2.75) is 45.0 Å². The number of H-pyrrole nitrogens is 1. The van der Waals surface area contributed by atoms with Crippen LogP contribution in [0.2, 0.25) is 0 Å². The maximum absolute atomic E-state index is 14.6. The van der Waals surface area contributed by atoms with Crippen LogP contribution in [0.25, 0.3) is 22.3 Å². The highest BCUT2D eigenvalue weighted by molar-refractivity contribution is 6.03. The van der Waals surface area contributed by atoms with Gasteiger partial charge in [-0.15, -0.1) is 0 Å². The number of hydrogen-bond acceptors (Lipinski definition) is 6. The van der Waals surface area contributed by atoms with Crippen molar-refractivity contribution in [3.63, 3.8) is 0 Å². The molecule has 0 aromatic carbocycles. The molecule has 180 valence electrons. The lowest BCUT2D eigenvalue weighted by Gasteiger charge is -2.37. The zero-order valence-corrected chi connectivity index (χ0v) is 19.4. The van der Waals surface area contributed by atoms with E-state index in [1.165, 1.54) is 18.3 Å². The minimum Gasteiger partial charge on any atom is -0.390 e. The third-order valence-corrected chi connectivity index (χ3v) is 6.28. The first-order chi connectivity index (χ1) is 16.9. The number of hydrogen-bond donors (Lipinski definition) is 3. The second-order valence-corrected chi connectivity index (χ2v) is 9.06. The Kier molecular flexibility index (Phi) is 6.27. The van der Waals surface area contributed by atoms with Crippen molar-refractivity contribution < 1.29 is 19.0 Å². The van der Waals surface area contributed by atoms with Gasteiger partial charge >= 0.3 is 0 Å². The molecular formula is C26H26FN5O3. The number of amides is 1. The van der Waals surface area contributed by atoms with Crippen molar-refractivity contribution in [2.75, 3.05) is 5.32 Å². The number of carbonyl (C=O) groups is 1. The van der Waals surface area contributed by atoms with Gasteiger partial charge in [0.25, 0.3) is 5.91 Å². The van der Waals surface area contributed by atoms with Crippen molar-refractivity contribution in [1.29, 1.82) is 0 Å². The number of anilines is 1. The van der Waals surface area contributed by atoms with Gasteiger partial charge in [0.1, 0.15) is 22.9 Å². The highest BCUT2D eigenvalue weighted by Gasteiger charge is 2.33. The Morgan fingerprint density at radius 1 is 1.23 bits per heavy atom. The molecule has 0 radical (unpaired) electrons. The lowest BCUT2D eigenvalue weighted by Crippen LogP contribution is -2.39. The molecule has 3 atom stereocenters. The number of fused-ring (bicyclic) bond motifs is 1. The van der Waals surface area contributed by atoms with E-state index in [0.29, 0.717) is 29.7 Å². The Bertz CT molecular complexity index is 1370. The smallest absolute Gasteiger partial charge is 0.274 e. The van der Waals surface area contributed by atoms with E-state index in [4.69, 9.17) is 4.74 Å². The van der Waals surface area contributed by atoms with Gasteiger partial charge in [0.15, 0.2) is 0 Å². The topological polar surface area (TPSA) is 113 Å². The second kappa shape index (κ2) is 9.52. The first-order valence-electron chi connectivity index (χ1n) is 11.6. The van der Waals surface area contributed by atoms with E-state index in [-0.39, 0.29) is 29.5 Å². The van der Waals surface area contributed by atoms with Gasteiger partial charge in [0.2, 0.25) is 0 Å². The summed E-state index contributed by atoms with van der Waals surface area (Å²) in [7, 11) is 0. The molecule has 1 aliphatic heterocycles. The number of aliphatic hydroxyl groups is 1. The van der Waals surface area contributed by atoms with E-state index in [0.717, 1.165) is 10.9 Å². The van der Waals surface area contributed by atoms with E-state index < -0.39 is 17.8 Å². The number of carbonyl (C=O) groups excluding carboxylic acids is 1. The molecule has 1 fully saturated rings. The van der Waals surface area contributed by atoms with Crippen molar-refractivity contribution in [3.05, 3.63) is 72.2 Å². The molecule has 0 unspecified atom stereocenters. The van der Waals surface area contributed by atoms with Gasteiger partial charge in [-0.25, -0.2) is 14.4 Å². The highest BCUT2D eigenvalue weighted by atomic mass is 19.1. The summed E-state index contributed by atoms with van der Waals surface area (Å²) in [4.78, 5) is 28.8. The van der Waals surface area contributed by atoms with Crippen molar-refractivity contribution in [1.82, 2.24) is 19.9 Å². The lowest BCUT2D eigenvalue weighted by molar-refractivity contribution is -0.137. The van der Waals surface area contributed by atoms with E-state index in [2.05, 4.69) is 25.3 Å². The van der Waals surface area contributed by atoms with E-state index in [1.807, 2.05) is 19.9 Å². The molecule has 1 saturated heterocycles. The molecule has 0 aliphatic carbocycles. The average molecular weight is 476 g/mol. The van der Waals surface area contributed by atoms with E-state index in [1.54, 1.807) is 30.7 Å². The molecule has 1 amide bonds. The SMILES string of the molecule is CC(C)[C@H]1O[C@@H](c2ccncc2NC(=O)c2ccc(F)c(-c3cnc4[nH]ccc4c3)n2)CC[C@@H]1O. The fourth-order valence-electron chi connectivity index (χ4n) is 4.48. The molecule has 5 rings (SSSR count). The van der Waals surface area contributed by atoms with Crippen LogP contribution in [0.1, 0.15) is 48.8 Å². The van der Waals surface area contributed by atoms with Crippen LogP contribution in [-0.2, 0) is 4.74 Å². The molecule has 9 heteroatoms. The lowest BCUT2D eigenvalue weighted by atomic mass is 9.91. The largest absolute Gasteiger partial charge is 0.390 e. The van der Waals surface area contributed by atoms with Crippen LogP contribution >= 0.6 is 0 Å². The van der Waals surface area contributed by atoms with Crippen LogP contribution in [0.4, 0.5) is 10.1 Å². The van der Waals surface area contributed by atoms with E-state index in [9.17, 15) is 14.3 Å². The van der Waals surface area contributed by atoms with Crippen molar-refractivity contribution in [2.24, 2.45) is 5.92 Å². The summed E-state index contributed by atoms with van der Waals surface area (Å²) in [6.45, 7) is 4.01. The zero-order chi connectivity index (χ0) is 24.5. The molecule has 1 aliphatic rings. The molecule has 8 nitrogen and oxygen atoms in total. The van der Waals surface area contributed by atoms with Crippen LogP contribution in [0, 0.1) is 11.7 Å². The van der Waals surface area contributed by atoms with Gasteiger partial charge in [-0.1, -0.05) is 13.8 Å². The first kappa shape index (κ1) is 23.1. The van der Waals surface area contributed by atoms with Crippen molar-refractivity contribution in [3.8, 4) is 11.3 Å². The van der Waals surface area contributed by atoms with Crippen molar-refractivity contribution >= 4 is 22.6 Å². The molecular weight excluding hydrogens is 449 g/mol. The summed E-state index contributed by atoms with van der Waals surface area (Å²) in [5, 5.41) is 14.0. The molecule has 4 aromatic heterocycles.